The van der Waals surface area contributed by atoms with Crippen molar-refractivity contribution in [2.75, 3.05) is 6.54 Å². The number of nitrogens with one attached hydrogen (secondary N) is 1. The lowest BCUT2D eigenvalue weighted by Crippen LogP contribution is -2.40. The zero-order valence-corrected chi connectivity index (χ0v) is 13.6. The predicted octanol–water partition coefficient (Wildman–Crippen LogP) is 0.885. The number of amides is 1. The number of carboxylic acid groups (broad SMARTS) is 1. The molecule has 0 bridgehead atoms. The lowest BCUT2D eigenvalue weighted by Gasteiger charge is -2.19. The average molecular weight is 347 g/mol. The van der Waals surface area contributed by atoms with Crippen molar-refractivity contribution in [2.24, 2.45) is 5.41 Å². The standard InChI is InChI=1S/C16H18FN5O3/c1-10-19-20-21-22(10)13(8-11-2-4-12(17)5-3-11)14(23)18-9-16(6-7-16)15(24)25/h2-5,13H,6-9H2,1H3,(H,18,23)(H,24,25). The number of carbonyl (C=O) groups excluding carboxylic acids is 1. The normalized spacial score (nSPS) is 16.2. The highest BCUT2D eigenvalue weighted by Gasteiger charge is 2.50. The van der Waals surface area contributed by atoms with E-state index >= 15 is 0 Å². The van der Waals surface area contributed by atoms with Crippen LogP contribution in [0.4, 0.5) is 4.39 Å². The minimum Gasteiger partial charge on any atom is -0.481 e. The van der Waals surface area contributed by atoms with Crippen LogP contribution in [0.15, 0.2) is 24.3 Å². The number of tetrazole rings is 1. The van der Waals surface area contributed by atoms with Gasteiger partial charge in [-0.1, -0.05) is 12.1 Å². The van der Waals surface area contributed by atoms with Crippen LogP contribution in [0.5, 0.6) is 0 Å². The van der Waals surface area contributed by atoms with Crippen LogP contribution in [0.1, 0.15) is 30.3 Å². The van der Waals surface area contributed by atoms with Crippen LogP contribution < -0.4 is 5.32 Å². The molecule has 0 aliphatic heterocycles. The van der Waals surface area contributed by atoms with Gasteiger partial charge in [-0.25, -0.2) is 9.07 Å². The zero-order valence-electron chi connectivity index (χ0n) is 13.6. The molecule has 1 aliphatic rings. The number of aryl methyl sites for hydroxylation is 1. The number of hydrogen-bond acceptors (Lipinski definition) is 5. The molecule has 1 aromatic carbocycles. The Bertz CT molecular complexity index is 785. The summed E-state index contributed by atoms with van der Waals surface area (Å²) in [5.74, 6) is -1.17. The van der Waals surface area contributed by atoms with Crippen molar-refractivity contribution in [3.8, 4) is 0 Å². The van der Waals surface area contributed by atoms with Crippen molar-refractivity contribution in [1.82, 2.24) is 25.5 Å². The fourth-order valence-electron chi connectivity index (χ4n) is 2.65. The predicted molar refractivity (Wildman–Crippen MR) is 84.0 cm³/mol. The topological polar surface area (TPSA) is 110 Å². The average Bonchev–Trinajstić information content (AvgIpc) is 3.28. The second-order valence-electron chi connectivity index (χ2n) is 6.32. The van der Waals surface area contributed by atoms with E-state index in [9.17, 15) is 19.1 Å². The van der Waals surface area contributed by atoms with Gasteiger partial charge in [0.15, 0.2) is 0 Å². The van der Waals surface area contributed by atoms with Crippen LogP contribution in [0, 0.1) is 18.2 Å². The molecule has 2 aromatic rings. The number of halogens is 1. The molecule has 9 heteroatoms. The van der Waals surface area contributed by atoms with E-state index in [1.165, 1.54) is 16.8 Å². The number of nitrogens with zero attached hydrogens (tertiary/aromatic N) is 4. The maximum Gasteiger partial charge on any atom is 0.311 e. The molecule has 0 spiro atoms. The van der Waals surface area contributed by atoms with Crippen LogP contribution in [0.25, 0.3) is 0 Å². The Balaban J connectivity index is 1.76. The molecule has 1 saturated carbocycles. The van der Waals surface area contributed by atoms with Gasteiger partial charge in [-0.2, -0.15) is 0 Å². The molecule has 1 aromatic heterocycles. The molecule has 132 valence electrons. The summed E-state index contributed by atoms with van der Waals surface area (Å²) >= 11 is 0. The van der Waals surface area contributed by atoms with Crippen LogP contribution in [0.3, 0.4) is 0 Å². The van der Waals surface area contributed by atoms with Gasteiger partial charge in [0.1, 0.15) is 17.7 Å². The van der Waals surface area contributed by atoms with Gasteiger partial charge < -0.3 is 10.4 Å². The van der Waals surface area contributed by atoms with Crippen LogP contribution in [-0.2, 0) is 16.0 Å². The van der Waals surface area contributed by atoms with Crippen LogP contribution in [0.2, 0.25) is 0 Å². The van der Waals surface area contributed by atoms with Crippen molar-refractivity contribution < 1.29 is 19.1 Å². The van der Waals surface area contributed by atoms with E-state index in [-0.39, 0.29) is 24.7 Å². The van der Waals surface area contributed by atoms with Crippen molar-refractivity contribution in [2.45, 2.75) is 32.2 Å². The van der Waals surface area contributed by atoms with Gasteiger partial charge in [0.25, 0.3) is 0 Å². The van der Waals surface area contributed by atoms with Gasteiger partial charge in [-0.15, -0.1) is 5.10 Å². The summed E-state index contributed by atoms with van der Waals surface area (Å²) in [5, 5.41) is 23.1. The highest BCUT2D eigenvalue weighted by molar-refractivity contribution is 5.83. The Kier molecular flexibility index (Phi) is 4.47. The number of hydrogen-bond donors (Lipinski definition) is 2. The minimum atomic E-state index is -0.901. The maximum absolute atomic E-state index is 13.1. The van der Waals surface area contributed by atoms with Gasteiger partial charge in [-0.3, -0.25) is 9.59 Å². The van der Waals surface area contributed by atoms with E-state index in [0.29, 0.717) is 18.7 Å². The van der Waals surface area contributed by atoms with Crippen molar-refractivity contribution in [3.63, 3.8) is 0 Å². The SMILES string of the molecule is Cc1nnnn1C(Cc1ccc(F)cc1)C(=O)NCC1(C(=O)O)CC1. The number of carbonyl (C=O) groups is 2. The van der Waals surface area contributed by atoms with Crippen molar-refractivity contribution >= 4 is 11.9 Å². The molecule has 0 radical (unpaired) electrons. The summed E-state index contributed by atoms with van der Waals surface area (Å²) in [6.45, 7) is 1.74. The van der Waals surface area contributed by atoms with Crippen molar-refractivity contribution in [3.05, 3.63) is 41.5 Å². The summed E-state index contributed by atoms with van der Waals surface area (Å²) in [7, 11) is 0. The van der Waals surface area contributed by atoms with Gasteiger partial charge >= 0.3 is 5.97 Å². The first-order chi connectivity index (χ1) is 11.9. The molecule has 25 heavy (non-hydrogen) atoms. The first-order valence-electron chi connectivity index (χ1n) is 7.91. The zero-order chi connectivity index (χ0) is 18.0. The molecule has 1 aliphatic carbocycles. The van der Waals surface area contributed by atoms with Gasteiger partial charge in [-0.05, 0) is 47.9 Å². The maximum atomic E-state index is 13.1. The van der Waals surface area contributed by atoms with Gasteiger partial charge in [0.05, 0.1) is 5.41 Å². The number of aliphatic carboxylic acids is 1. The molecule has 1 amide bonds. The summed E-state index contributed by atoms with van der Waals surface area (Å²) in [6.07, 6.45) is 1.36. The molecule has 2 N–H and O–H groups in total. The Morgan fingerprint density at radius 2 is 2.04 bits per heavy atom. The van der Waals surface area contributed by atoms with Crippen molar-refractivity contribution in [1.29, 1.82) is 0 Å². The number of carboxylic acids is 1. The van der Waals surface area contributed by atoms with E-state index in [1.54, 1.807) is 19.1 Å². The molecule has 1 fully saturated rings. The van der Waals surface area contributed by atoms with E-state index in [0.717, 1.165) is 5.56 Å². The van der Waals surface area contributed by atoms with E-state index in [4.69, 9.17) is 0 Å². The Labute approximate surface area is 143 Å². The lowest BCUT2D eigenvalue weighted by atomic mass is 10.0. The summed E-state index contributed by atoms with van der Waals surface area (Å²) in [6, 6.07) is 5.08. The summed E-state index contributed by atoms with van der Waals surface area (Å²) in [5.41, 5.74) is -0.109. The fourth-order valence-corrected chi connectivity index (χ4v) is 2.65. The van der Waals surface area contributed by atoms with Gasteiger partial charge in [0, 0.05) is 13.0 Å². The Morgan fingerprint density at radius 3 is 2.56 bits per heavy atom. The van der Waals surface area contributed by atoms with Gasteiger partial charge in [0.2, 0.25) is 5.91 Å². The monoisotopic (exact) mass is 347 g/mol. The largest absolute Gasteiger partial charge is 0.481 e. The molecular weight excluding hydrogens is 329 g/mol. The first kappa shape index (κ1) is 17.0. The highest BCUT2D eigenvalue weighted by atomic mass is 19.1. The molecule has 8 nitrogen and oxygen atoms in total. The quantitative estimate of drug-likeness (QED) is 0.769. The van der Waals surface area contributed by atoms with Crippen LogP contribution in [-0.4, -0.2) is 43.7 Å². The molecule has 3 rings (SSSR count). The summed E-state index contributed by atoms with van der Waals surface area (Å²) < 4.78 is 14.5. The minimum absolute atomic E-state index is 0.0717. The van der Waals surface area contributed by atoms with E-state index < -0.39 is 17.4 Å². The number of rotatable bonds is 7. The van der Waals surface area contributed by atoms with Crippen LogP contribution >= 0.6 is 0 Å². The second-order valence-corrected chi connectivity index (χ2v) is 6.32. The van der Waals surface area contributed by atoms with E-state index in [2.05, 4.69) is 20.8 Å². The third-order valence-corrected chi connectivity index (χ3v) is 4.51. The second kappa shape index (κ2) is 6.58. The highest BCUT2D eigenvalue weighted by Crippen LogP contribution is 2.45. The lowest BCUT2D eigenvalue weighted by molar-refractivity contribution is -0.143. The molecule has 0 saturated heterocycles. The third kappa shape index (κ3) is 3.65. The fraction of sp³-hybridized carbons (Fsp3) is 0.438. The molecular formula is C16H18FN5O3. The molecule has 1 heterocycles. The third-order valence-electron chi connectivity index (χ3n) is 4.51. The molecule has 1 atom stereocenters. The Morgan fingerprint density at radius 1 is 1.36 bits per heavy atom. The number of benzene rings is 1. The molecule has 1 unspecified atom stereocenters. The first-order valence-corrected chi connectivity index (χ1v) is 7.91. The Hall–Kier alpha value is -2.84. The van der Waals surface area contributed by atoms with E-state index in [1.807, 2.05) is 0 Å². The summed E-state index contributed by atoms with van der Waals surface area (Å²) in [4.78, 5) is 23.9. The smallest absolute Gasteiger partial charge is 0.311 e. The number of aromatic nitrogens is 4.